The molecule has 5 heteroatoms. The summed E-state index contributed by atoms with van der Waals surface area (Å²) >= 11 is 0. The van der Waals surface area contributed by atoms with Crippen LogP contribution in [0.2, 0.25) is 0 Å². The van der Waals surface area contributed by atoms with Crippen LogP contribution in [0.1, 0.15) is 10.4 Å². The molecule has 21 heavy (non-hydrogen) atoms. The SMILES string of the molecule is NC(=O)c1ccc(-n2cc(-c3ccccc3N)cn2)cc1. The van der Waals surface area contributed by atoms with E-state index >= 15 is 0 Å². The number of carbonyl (C=O) groups excluding carboxylic acids is 1. The summed E-state index contributed by atoms with van der Waals surface area (Å²) in [4.78, 5) is 11.1. The van der Waals surface area contributed by atoms with Crippen molar-refractivity contribution in [3.8, 4) is 16.8 Å². The van der Waals surface area contributed by atoms with Gasteiger partial charge in [-0.15, -0.1) is 0 Å². The summed E-state index contributed by atoms with van der Waals surface area (Å²) in [5.74, 6) is -0.445. The average Bonchev–Trinajstić information content (AvgIpc) is 2.97. The molecule has 0 saturated carbocycles. The van der Waals surface area contributed by atoms with Crippen LogP contribution in [0.15, 0.2) is 60.9 Å². The lowest BCUT2D eigenvalue weighted by molar-refractivity contribution is 0.100. The Bertz CT molecular complexity index is 790. The number of benzene rings is 2. The zero-order chi connectivity index (χ0) is 14.8. The number of nitrogen functional groups attached to an aromatic ring is 1. The van der Waals surface area contributed by atoms with Crippen LogP contribution in [0.25, 0.3) is 16.8 Å². The first kappa shape index (κ1) is 12.9. The van der Waals surface area contributed by atoms with Crippen LogP contribution in [-0.2, 0) is 0 Å². The number of rotatable bonds is 3. The third kappa shape index (κ3) is 2.49. The van der Waals surface area contributed by atoms with Crippen molar-refractivity contribution in [2.45, 2.75) is 0 Å². The van der Waals surface area contributed by atoms with Gasteiger partial charge < -0.3 is 11.5 Å². The van der Waals surface area contributed by atoms with E-state index in [-0.39, 0.29) is 0 Å². The second-order valence-corrected chi connectivity index (χ2v) is 4.67. The fourth-order valence-corrected chi connectivity index (χ4v) is 2.14. The van der Waals surface area contributed by atoms with Gasteiger partial charge in [0.2, 0.25) is 5.91 Å². The lowest BCUT2D eigenvalue weighted by atomic mass is 10.1. The normalized spacial score (nSPS) is 10.5. The summed E-state index contributed by atoms with van der Waals surface area (Å²) in [6.45, 7) is 0. The molecule has 5 nitrogen and oxygen atoms in total. The highest BCUT2D eigenvalue weighted by Gasteiger charge is 2.06. The minimum atomic E-state index is -0.445. The molecule has 0 atom stereocenters. The number of aromatic nitrogens is 2. The van der Waals surface area contributed by atoms with Crippen LogP contribution >= 0.6 is 0 Å². The quantitative estimate of drug-likeness (QED) is 0.720. The Kier molecular flexibility index (Phi) is 3.16. The number of hydrogen-bond acceptors (Lipinski definition) is 3. The Morgan fingerprint density at radius 1 is 1.05 bits per heavy atom. The molecule has 2 aromatic carbocycles. The number of nitrogens with zero attached hydrogens (tertiary/aromatic N) is 2. The summed E-state index contributed by atoms with van der Waals surface area (Å²) in [6.07, 6.45) is 3.65. The van der Waals surface area contributed by atoms with E-state index in [0.29, 0.717) is 11.3 Å². The zero-order valence-electron chi connectivity index (χ0n) is 11.2. The Balaban J connectivity index is 1.95. The molecule has 0 saturated heterocycles. The molecule has 0 aliphatic rings. The summed E-state index contributed by atoms with van der Waals surface area (Å²) < 4.78 is 1.73. The first-order valence-corrected chi connectivity index (χ1v) is 6.45. The summed E-state index contributed by atoms with van der Waals surface area (Å²) in [6, 6.07) is 14.6. The van der Waals surface area contributed by atoms with Crippen molar-refractivity contribution in [2.24, 2.45) is 5.73 Å². The summed E-state index contributed by atoms with van der Waals surface area (Å²) in [7, 11) is 0. The lowest BCUT2D eigenvalue weighted by Gasteiger charge is -2.03. The first-order valence-electron chi connectivity index (χ1n) is 6.45. The molecule has 4 N–H and O–H groups in total. The van der Waals surface area contributed by atoms with E-state index in [9.17, 15) is 4.79 Å². The molecular formula is C16H14N4O. The lowest BCUT2D eigenvalue weighted by Crippen LogP contribution is -2.10. The van der Waals surface area contributed by atoms with Crippen LogP contribution in [0.4, 0.5) is 5.69 Å². The molecule has 0 bridgehead atoms. The standard InChI is InChI=1S/C16H14N4O/c17-15-4-2-1-3-14(15)12-9-19-20(10-12)13-7-5-11(6-8-13)16(18)21/h1-10H,17H2,(H2,18,21). The molecule has 1 aromatic heterocycles. The molecule has 3 aromatic rings. The van der Waals surface area contributed by atoms with Gasteiger partial charge in [0.15, 0.2) is 0 Å². The van der Waals surface area contributed by atoms with Crippen molar-refractivity contribution < 1.29 is 4.79 Å². The van der Waals surface area contributed by atoms with Gasteiger partial charge in [-0.25, -0.2) is 4.68 Å². The highest BCUT2D eigenvalue weighted by atomic mass is 16.1. The molecule has 104 valence electrons. The van der Waals surface area contributed by atoms with Gasteiger partial charge in [-0.3, -0.25) is 4.79 Å². The van der Waals surface area contributed by atoms with Gasteiger partial charge in [0.25, 0.3) is 0 Å². The molecule has 0 spiro atoms. The second-order valence-electron chi connectivity index (χ2n) is 4.67. The predicted octanol–water partition coefficient (Wildman–Crippen LogP) is 2.22. The van der Waals surface area contributed by atoms with Gasteiger partial charge in [0.1, 0.15) is 0 Å². The largest absolute Gasteiger partial charge is 0.398 e. The maximum Gasteiger partial charge on any atom is 0.248 e. The predicted molar refractivity (Wildman–Crippen MR) is 81.9 cm³/mol. The Hall–Kier alpha value is -3.08. The summed E-state index contributed by atoms with van der Waals surface area (Å²) in [5.41, 5.74) is 15.1. The number of para-hydroxylation sites is 1. The van der Waals surface area contributed by atoms with Crippen LogP contribution in [0, 0.1) is 0 Å². The number of hydrogen-bond donors (Lipinski definition) is 2. The van der Waals surface area contributed by atoms with Gasteiger partial charge in [-0.2, -0.15) is 5.10 Å². The maximum atomic E-state index is 11.1. The van der Waals surface area contributed by atoms with E-state index in [1.54, 1.807) is 35.1 Å². The molecular weight excluding hydrogens is 264 g/mol. The average molecular weight is 278 g/mol. The van der Waals surface area contributed by atoms with Crippen LogP contribution in [0.3, 0.4) is 0 Å². The highest BCUT2D eigenvalue weighted by Crippen LogP contribution is 2.25. The van der Waals surface area contributed by atoms with Crippen molar-refractivity contribution in [3.05, 3.63) is 66.5 Å². The van der Waals surface area contributed by atoms with E-state index in [1.165, 1.54) is 0 Å². The van der Waals surface area contributed by atoms with Crippen molar-refractivity contribution in [1.82, 2.24) is 9.78 Å². The molecule has 0 aliphatic carbocycles. The van der Waals surface area contributed by atoms with Gasteiger partial charge in [-0.05, 0) is 30.3 Å². The Morgan fingerprint density at radius 2 is 1.76 bits per heavy atom. The highest BCUT2D eigenvalue weighted by molar-refractivity contribution is 5.92. The minimum Gasteiger partial charge on any atom is -0.398 e. The maximum absolute atomic E-state index is 11.1. The fraction of sp³-hybridized carbons (Fsp3) is 0. The Morgan fingerprint density at radius 3 is 2.43 bits per heavy atom. The van der Waals surface area contributed by atoms with E-state index in [4.69, 9.17) is 11.5 Å². The van der Waals surface area contributed by atoms with Gasteiger partial charge in [0.05, 0.1) is 11.9 Å². The number of carbonyl (C=O) groups is 1. The van der Waals surface area contributed by atoms with Gasteiger partial charge >= 0.3 is 0 Å². The molecule has 1 amide bonds. The molecule has 0 aliphatic heterocycles. The van der Waals surface area contributed by atoms with Crippen molar-refractivity contribution in [2.75, 3.05) is 5.73 Å². The van der Waals surface area contributed by atoms with Gasteiger partial charge in [-0.1, -0.05) is 18.2 Å². The third-order valence-electron chi connectivity index (χ3n) is 3.27. The topological polar surface area (TPSA) is 86.9 Å². The minimum absolute atomic E-state index is 0.445. The summed E-state index contributed by atoms with van der Waals surface area (Å²) in [5, 5.41) is 4.32. The second kappa shape index (κ2) is 5.13. The van der Waals surface area contributed by atoms with Crippen LogP contribution in [0.5, 0.6) is 0 Å². The van der Waals surface area contributed by atoms with Crippen LogP contribution < -0.4 is 11.5 Å². The third-order valence-corrected chi connectivity index (χ3v) is 3.27. The van der Waals surface area contributed by atoms with Crippen LogP contribution in [-0.4, -0.2) is 15.7 Å². The van der Waals surface area contributed by atoms with Crippen molar-refractivity contribution >= 4 is 11.6 Å². The van der Waals surface area contributed by atoms with Gasteiger partial charge in [0, 0.05) is 28.6 Å². The zero-order valence-corrected chi connectivity index (χ0v) is 11.2. The Labute approximate surface area is 121 Å². The van der Waals surface area contributed by atoms with Crippen molar-refractivity contribution in [1.29, 1.82) is 0 Å². The smallest absolute Gasteiger partial charge is 0.248 e. The molecule has 3 rings (SSSR count). The fourth-order valence-electron chi connectivity index (χ4n) is 2.14. The number of anilines is 1. The first-order chi connectivity index (χ1) is 10.1. The molecule has 1 heterocycles. The molecule has 0 unspecified atom stereocenters. The van der Waals surface area contributed by atoms with E-state index in [2.05, 4.69) is 5.10 Å². The van der Waals surface area contributed by atoms with E-state index < -0.39 is 5.91 Å². The number of nitrogens with two attached hydrogens (primary N) is 2. The number of amides is 1. The van der Waals surface area contributed by atoms with E-state index in [0.717, 1.165) is 16.8 Å². The molecule has 0 radical (unpaired) electrons. The van der Waals surface area contributed by atoms with E-state index in [1.807, 2.05) is 30.5 Å². The molecule has 0 fully saturated rings. The van der Waals surface area contributed by atoms with Crippen molar-refractivity contribution in [3.63, 3.8) is 0 Å². The number of primary amides is 1. The monoisotopic (exact) mass is 278 g/mol.